The molecular weight excluding hydrogens is 226 g/mol. The van der Waals surface area contributed by atoms with Crippen LogP contribution >= 0.6 is 0 Å². The van der Waals surface area contributed by atoms with Gasteiger partial charge in [-0.2, -0.15) is 0 Å². The molecule has 0 saturated heterocycles. The third kappa shape index (κ3) is 1.25. The number of hydrogen-bond acceptors (Lipinski definition) is 2. The number of carbonyl (C=O) groups excluding carboxylic acids is 1. The molecule has 3 rings (SSSR count). The lowest BCUT2D eigenvalue weighted by Crippen LogP contribution is -2.42. The molecule has 0 aromatic heterocycles. The molecule has 3 nitrogen and oxygen atoms in total. The molecule has 0 bridgehead atoms. The minimum Gasteiger partial charge on any atom is -0.291 e. The zero-order valence-electron chi connectivity index (χ0n) is 9.96. The Bertz CT molecular complexity index is 609. The summed E-state index contributed by atoms with van der Waals surface area (Å²) in [5.74, 6) is -0.140. The van der Waals surface area contributed by atoms with Gasteiger partial charge in [0, 0.05) is 5.56 Å². The van der Waals surface area contributed by atoms with E-state index in [-0.39, 0.29) is 5.78 Å². The van der Waals surface area contributed by atoms with Crippen molar-refractivity contribution >= 4 is 11.5 Å². The van der Waals surface area contributed by atoms with Crippen LogP contribution in [0, 0.1) is 0 Å². The Kier molecular flexibility index (Phi) is 2.25. The number of benzene rings is 2. The van der Waals surface area contributed by atoms with Gasteiger partial charge in [-0.15, -0.1) is 0 Å². The second-order valence-corrected chi connectivity index (χ2v) is 4.58. The highest BCUT2D eigenvalue weighted by Gasteiger charge is 2.49. The van der Waals surface area contributed by atoms with Crippen LogP contribution in [-0.2, 0) is 10.7 Å². The molecule has 0 fully saturated rings. The third-order valence-electron chi connectivity index (χ3n) is 3.55. The van der Waals surface area contributed by atoms with Gasteiger partial charge < -0.3 is 0 Å². The normalized spacial score (nSPS) is 22.1. The summed E-state index contributed by atoms with van der Waals surface area (Å²) in [6.07, 6.45) is 0. The van der Waals surface area contributed by atoms with Crippen LogP contribution in [0.1, 0.15) is 22.8 Å². The van der Waals surface area contributed by atoms with E-state index in [0.717, 1.165) is 10.6 Å². The average molecular weight is 238 g/mol. The molecular formula is C15H12NO2. The first-order valence-corrected chi connectivity index (χ1v) is 5.82. The van der Waals surface area contributed by atoms with E-state index in [1.54, 1.807) is 31.2 Å². The Hall–Kier alpha value is -2.13. The molecule has 0 unspecified atom stereocenters. The number of Topliss-reactive ketones (excluding diaryl/α,β-unsaturated/α-hetero) is 1. The number of para-hydroxylation sites is 1. The van der Waals surface area contributed by atoms with Crippen molar-refractivity contribution in [2.75, 3.05) is 5.06 Å². The number of hydroxylamine groups is 1. The van der Waals surface area contributed by atoms with Crippen LogP contribution in [0.15, 0.2) is 54.6 Å². The fourth-order valence-electron chi connectivity index (χ4n) is 2.45. The highest BCUT2D eigenvalue weighted by Crippen LogP contribution is 2.43. The maximum atomic E-state index is 12.5. The summed E-state index contributed by atoms with van der Waals surface area (Å²) >= 11 is 0. The second kappa shape index (κ2) is 3.68. The van der Waals surface area contributed by atoms with Crippen LogP contribution in [0.2, 0.25) is 0 Å². The molecule has 1 aliphatic heterocycles. The van der Waals surface area contributed by atoms with Crippen LogP contribution < -0.4 is 5.06 Å². The quantitative estimate of drug-likeness (QED) is 0.766. The first-order chi connectivity index (χ1) is 8.65. The van der Waals surface area contributed by atoms with Gasteiger partial charge in [-0.25, -0.2) is 5.06 Å². The van der Waals surface area contributed by atoms with Gasteiger partial charge in [0.05, 0.1) is 5.69 Å². The smallest absolute Gasteiger partial charge is 0.197 e. The Labute approximate surface area is 105 Å². The molecule has 3 heteroatoms. The average Bonchev–Trinajstić information content (AvgIpc) is 2.64. The molecule has 1 heterocycles. The van der Waals surface area contributed by atoms with E-state index in [9.17, 15) is 10.0 Å². The predicted octanol–water partition coefficient (Wildman–Crippen LogP) is 2.95. The second-order valence-electron chi connectivity index (χ2n) is 4.58. The fourth-order valence-corrected chi connectivity index (χ4v) is 2.45. The highest BCUT2D eigenvalue weighted by molar-refractivity contribution is 6.13. The predicted molar refractivity (Wildman–Crippen MR) is 67.7 cm³/mol. The Morgan fingerprint density at radius 2 is 1.56 bits per heavy atom. The number of carbonyl (C=O) groups is 1. The molecule has 0 amide bonds. The SMILES string of the molecule is C[C@]1(c2ccccc2)C(=O)c2ccccc2N1[O]. The first-order valence-electron chi connectivity index (χ1n) is 5.82. The van der Waals surface area contributed by atoms with Gasteiger partial charge in [-0.1, -0.05) is 47.7 Å². The summed E-state index contributed by atoms with van der Waals surface area (Å²) in [5, 5.41) is 13.2. The lowest BCUT2D eigenvalue weighted by molar-refractivity contribution is 0.0669. The maximum Gasteiger partial charge on any atom is 0.197 e. The van der Waals surface area contributed by atoms with Gasteiger partial charge in [0.25, 0.3) is 0 Å². The lowest BCUT2D eigenvalue weighted by atomic mass is 9.87. The van der Waals surface area contributed by atoms with E-state index < -0.39 is 5.54 Å². The van der Waals surface area contributed by atoms with E-state index in [2.05, 4.69) is 0 Å². The molecule has 18 heavy (non-hydrogen) atoms. The van der Waals surface area contributed by atoms with E-state index in [0.29, 0.717) is 11.3 Å². The van der Waals surface area contributed by atoms with Crippen molar-refractivity contribution < 1.29 is 10.0 Å². The van der Waals surface area contributed by atoms with Crippen molar-refractivity contribution in [1.29, 1.82) is 0 Å². The molecule has 2 aromatic carbocycles. The standard InChI is InChI=1S/C15H12NO2/c1-15(11-7-3-2-4-8-11)14(17)12-9-5-6-10-13(12)16(15)18/h2-10H,1H3/t15-/m0/s1. The van der Waals surface area contributed by atoms with Crippen molar-refractivity contribution in [2.24, 2.45) is 0 Å². The zero-order valence-corrected chi connectivity index (χ0v) is 9.96. The summed E-state index contributed by atoms with van der Waals surface area (Å²) in [7, 11) is 0. The number of anilines is 1. The molecule has 0 spiro atoms. The van der Waals surface area contributed by atoms with Gasteiger partial charge in [0.2, 0.25) is 0 Å². The topological polar surface area (TPSA) is 40.2 Å². The molecule has 0 saturated carbocycles. The van der Waals surface area contributed by atoms with Crippen molar-refractivity contribution in [3.05, 3.63) is 65.7 Å². The van der Waals surface area contributed by atoms with Crippen LogP contribution in [0.5, 0.6) is 0 Å². The summed E-state index contributed by atoms with van der Waals surface area (Å²) in [5.41, 5.74) is 0.527. The summed E-state index contributed by atoms with van der Waals surface area (Å²) in [6.45, 7) is 1.68. The third-order valence-corrected chi connectivity index (χ3v) is 3.55. The molecule has 1 atom stereocenters. The molecule has 1 aliphatic rings. The number of rotatable bonds is 1. The molecule has 1 radical (unpaired) electrons. The van der Waals surface area contributed by atoms with Crippen LogP contribution in [0.4, 0.5) is 5.69 Å². The van der Waals surface area contributed by atoms with Crippen molar-refractivity contribution in [2.45, 2.75) is 12.5 Å². The van der Waals surface area contributed by atoms with Crippen LogP contribution in [0.3, 0.4) is 0 Å². The highest BCUT2D eigenvalue weighted by atomic mass is 16.5. The van der Waals surface area contributed by atoms with E-state index in [4.69, 9.17) is 0 Å². The van der Waals surface area contributed by atoms with Gasteiger partial charge in [-0.05, 0) is 24.6 Å². The molecule has 0 N–H and O–H groups in total. The number of fused-ring (bicyclic) bond motifs is 1. The minimum absolute atomic E-state index is 0.140. The van der Waals surface area contributed by atoms with Crippen molar-refractivity contribution in [3.63, 3.8) is 0 Å². The molecule has 89 valence electrons. The van der Waals surface area contributed by atoms with Gasteiger partial charge in [0.15, 0.2) is 11.3 Å². The zero-order chi connectivity index (χ0) is 12.8. The fraction of sp³-hybridized carbons (Fsp3) is 0.133. The van der Waals surface area contributed by atoms with Gasteiger partial charge >= 0.3 is 0 Å². The number of ketones is 1. The largest absolute Gasteiger partial charge is 0.291 e. The maximum absolute atomic E-state index is 12.5. The number of hydrogen-bond donors (Lipinski definition) is 0. The summed E-state index contributed by atoms with van der Waals surface area (Å²) in [4.78, 5) is 12.5. The minimum atomic E-state index is -1.15. The van der Waals surface area contributed by atoms with Crippen LogP contribution in [0.25, 0.3) is 0 Å². The van der Waals surface area contributed by atoms with Crippen molar-refractivity contribution in [3.8, 4) is 0 Å². The van der Waals surface area contributed by atoms with Crippen LogP contribution in [-0.4, -0.2) is 5.78 Å². The van der Waals surface area contributed by atoms with E-state index >= 15 is 0 Å². The molecule has 2 aromatic rings. The Morgan fingerprint density at radius 3 is 2.22 bits per heavy atom. The van der Waals surface area contributed by atoms with Gasteiger partial charge in [0.1, 0.15) is 0 Å². The Morgan fingerprint density at radius 1 is 0.944 bits per heavy atom. The lowest BCUT2D eigenvalue weighted by Gasteiger charge is -2.28. The monoisotopic (exact) mass is 238 g/mol. The summed E-state index contributed by atoms with van der Waals surface area (Å²) in [6, 6.07) is 16.1. The molecule has 0 aliphatic carbocycles. The van der Waals surface area contributed by atoms with E-state index in [1.807, 2.05) is 30.3 Å². The first kappa shape index (κ1) is 11.0. The number of nitrogens with zero attached hydrogens (tertiary/aromatic N) is 1. The Balaban J connectivity index is 2.20. The van der Waals surface area contributed by atoms with Gasteiger partial charge in [-0.3, -0.25) is 4.79 Å². The summed E-state index contributed by atoms with van der Waals surface area (Å²) < 4.78 is 0. The van der Waals surface area contributed by atoms with E-state index in [1.165, 1.54) is 0 Å². The van der Waals surface area contributed by atoms with Crippen molar-refractivity contribution in [1.82, 2.24) is 0 Å².